The quantitative estimate of drug-likeness (QED) is 0.663. The summed E-state index contributed by atoms with van der Waals surface area (Å²) in [6.45, 7) is 4.48. The van der Waals surface area contributed by atoms with Gasteiger partial charge in [-0.15, -0.1) is 0 Å². The van der Waals surface area contributed by atoms with Gasteiger partial charge in [-0.3, -0.25) is 0 Å². The second-order valence-electron chi connectivity index (χ2n) is 4.15. The molecule has 0 aliphatic rings. The molecular formula is C13H20N2O3. The van der Waals surface area contributed by atoms with Crippen molar-refractivity contribution in [1.29, 1.82) is 0 Å². The van der Waals surface area contributed by atoms with Crippen LogP contribution in [0.5, 0.6) is 5.75 Å². The maximum atomic E-state index is 11.3. The number of ether oxygens (including phenoxy) is 1. The molecule has 1 aromatic rings. The summed E-state index contributed by atoms with van der Waals surface area (Å²) >= 11 is 0. The molecule has 0 saturated heterocycles. The molecule has 5 nitrogen and oxygen atoms in total. The molecule has 0 saturated carbocycles. The van der Waals surface area contributed by atoms with Gasteiger partial charge in [0.1, 0.15) is 12.4 Å². The lowest BCUT2D eigenvalue weighted by molar-refractivity contribution is 0.218. The van der Waals surface area contributed by atoms with Crippen LogP contribution in [-0.2, 0) is 0 Å². The maximum absolute atomic E-state index is 11.3. The minimum absolute atomic E-state index is 0.0761. The van der Waals surface area contributed by atoms with Crippen molar-refractivity contribution >= 4 is 6.03 Å². The molecule has 18 heavy (non-hydrogen) atoms. The third-order valence-electron chi connectivity index (χ3n) is 2.33. The van der Waals surface area contributed by atoms with Gasteiger partial charge in [-0.1, -0.05) is 17.7 Å². The van der Waals surface area contributed by atoms with E-state index in [0.717, 1.165) is 5.75 Å². The highest BCUT2D eigenvalue weighted by Gasteiger charge is 2.04. The van der Waals surface area contributed by atoms with Gasteiger partial charge in [0.2, 0.25) is 0 Å². The van der Waals surface area contributed by atoms with Crippen LogP contribution in [0.25, 0.3) is 0 Å². The maximum Gasteiger partial charge on any atom is 0.315 e. The van der Waals surface area contributed by atoms with E-state index in [4.69, 9.17) is 9.84 Å². The Bertz CT molecular complexity index is 365. The highest BCUT2D eigenvalue weighted by molar-refractivity contribution is 5.74. The number of aryl methyl sites for hydroxylation is 1. The van der Waals surface area contributed by atoms with Gasteiger partial charge in [-0.2, -0.15) is 0 Å². The summed E-state index contributed by atoms with van der Waals surface area (Å²) in [6, 6.07) is 7.18. The lowest BCUT2D eigenvalue weighted by atomic mass is 10.2. The smallest absolute Gasteiger partial charge is 0.315 e. The lowest BCUT2D eigenvalue weighted by Crippen LogP contribution is -2.43. The second-order valence-corrected chi connectivity index (χ2v) is 4.15. The molecular weight excluding hydrogens is 232 g/mol. The summed E-state index contributed by atoms with van der Waals surface area (Å²) in [6.07, 6.45) is 0. The van der Waals surface area contributed by atoms with Crippen LogP contribution in [-0.4, -0.2) is 36.9 Å². The summed E-state index contributed by atoms with van der Waals surface area (Å²) in [5.41, 5.74) is 1.18. The van der Waals surface area contributed by atoms with Crippen molar-refractivity contribution < 1.29 is 14.6 Å². The number of amides is 2. The fourth-order valence-corrected chi connectivity index (χ4v) is 1.29. The Hall–Kier alpha value is -1.75. The zero-order valence-corrected chi connectivity index (χ0v) is 10.8. The van der Waals surface area contributed by atoms with Crippen LogP contribution in [0.4, 0.5) is 4.79 Å². The fourth-order valence-electron chi connectivity index (χ4n) is 1.29. The van der Waals surface area contributed by atoms with E-state index < -0.39 is 0 Å². The third-order valence-corrected chi connectivity index (χ3v) is 2.33. The minimum Gasteiger partial charge on any atom is -0.492 e. The van der Waals surface area contributed by atoms with Crippen molar-refractivity contribution in [2.45, 2.75) is 19.9 Å². The summed E-state index contributed by atoms with van der Waals surface area (Å²) in [7, 11) is 0. The van der Waals surface area contributed by atoms with Gasteiger partial charge < -0.3 is 20.5 Å². The van der Waals surface area contributed by atoms with E-state index in [1.807, 2.05) is 31.2 Å². The van der Waals surface area contributed by atoms with E-state index >= 15 is 0 Å². The number of hydrogen-bond acceptors (Lipinski definition) is 3. The Labute approximate surface area is 107 Å². The summed E-state index contributed by atoms with van der Waals surface area (Å²) in [5.74, 6) is 0.784. The molecule has 0 aliphatic heterocycles. The Kier molecular flexibility index (Phi) is 6.00. The number of carbonyl (C=O) groups is 1. The summed E-state index contributed by atoms with van der Waals surface area (Å²) in [4.78, 5) is 11.3. The predicted molar refractivity (Wildman–Crippen MR) is 69.8 cm³/mol. The SMILES string of the molecule is Cc1ccc(OCCNC(=O)NC(C)CO)cc1. The topological polar surface area (TPSA) is 70.6 Å². The average molecular weight is 252 g/mol. The second kappa shape index (κ2) is 7.55. The Morgan fingerprint density at radius 2 is 2.06 bits per heavy atom. The van der Waals surface area contributed by atoms with E-state index in [9.17, 15) is 4.79 Å². The molecule has 3 N–H and O–H groups in total. The van der Waals surface area contributed by atoms with Gasteiger partial charge in [-0.25, -0.2) is 4.79 Å². The molecule has 2 amide bonds. The van der Waals surface area contributed by atoms with Crippen LogP contribution >= 0.6 is 0 Å². The third kappa shape index (κ3) is 5.54. The van der Waals surface area contributed by atoms with E-state index in [1.54, 1.807) is 6.92 Å². The van der Waals surface area contributed by atoms with Crippen molar-refractivity contribution in [3.05, 3.63) is 29.8 Å². The highest BCUT2D eigenvalue weighted by atomic mass is 16.5. The largest absolute Gasteiger partial charge is 0.492 e. The molecule has 0 aromatic heterocycles. The van der Waals surface area contributed by atoms with Crippen LogP contribution in [0.15, 0.2) is 24.3 Å². The van der Waals surface area contributed by atoms with Crippen LogP contribution in [0, 0.1) is 6.92 Å². The summed E-state index contributed by atoms with van der Waals surface area (Å²) < 4.78 is 5.45. The number of aliphatic hydroxyl groups is 1. The zero-order valence-electron chi connectivity index (χ0n) is 10.8. The predicted octanol–water partition coefficient (Wildman–Crippen LogP) is 1.05. The first kappa shape index (κ1) is 14.3. The van der Waals surface area contributed by atoms with Crippen LogP contribution in [0.1, 0.15) is 12.5 Å². The molecule has 100 valence electrons. The Morgan fingerprint density at radius 3 is 2.67 bits per heavy atom. The van der Waals surface area contributed by atoms with Gasteiger partial charge in [-0.05, 0) is 26.0 Å². The van der Waals surface area contributed by atoms with Gasteiger partial charge >= 0.3 is 6.03 Å². The molecule has 1 atom stereocenters. The van der Waals surface area contributed by atoms with Gasteiger partial charge in [0.15, 0.2) is 0 Å². The summed E-state index contributed by atoms with van der Waals surface area (Å²) in [5, 5.41) is 14.0. The number of aliphatic hydroxyl groups excluding tert-OH is 1. The monoisotopic (exact) mass is 252 g/mol. The highest BCUT2D eigenvalue weighted by Crippen LogP contribution is 2.10. The van der Waals surface area contributed by atoms with Crippen LogP contribution in [0.2, 0.25) is 0 Å². The molecule has 0 fully saturated rings. The number of nitrogens with one attached hydrogen (secondary N) is 2. The molecule has 0 heterocycles. The van der Waals surface area contributed by atoms with Crippen molar-refractivity contribution in [2.75, 3.05) is 19.8 Å². The Balaban J connectivity index is 2.15. The average Bonchev–Trinajstić information content (AvgIpc) is 2.36. The van der Waals surface area contributed by atoms with Crippen molar-refractivity contribution in [3.8, 4) is 5.75 Å². The number of benzene rings is 1. The van der Waals surface area contributed by atoms with E-state index in [2.05, 4.69) is 10.6 Å². The lowest BCUT2D eigenvalue weighted by Gasteiger charge is -2.12. The number of carbonyl (C=O) groups excluding carboxylic acids is 1. The van der Waals surface area contributed by atoms with Crippen molar-refractivity contribution in [1.82, 2.24) is 10.6 Å². The molecule has 5 heteroatoms. The number of rotatable bonds is 6. The van der Waals surface area contributed by atoms with Gasteiger partial charge in [0.25, 0.3) is 0 Å². The first-order valence-electron chi connectivity index (χ1n) is 5.96. The Morgan fingerprint density at radius 1 is 1.39 bits per heavy atom. The van der Waals surface area contributed by atoms with Gasteiger partial charge in [0, 0.05) is 0 Å². The molecule has 0 spiro atoms. The van der Waals surface area contributed by atoms with Crippen LogP contribution in [0.3, 0.4) is 0 Å². The molecule has 1 rings (SSSR count). The molecule has 0 radical (unpaired) electrons. The van der Waals surface area contributed by atoms with Gasteiger partial charge in [0.05, 0.1) is 19.2 Å². The normalized spacial score (nSPS) is 11.7. The van der Waals surface area contributed by atoms with E-state index in [-0.39, 0.29) is 18.7 Å². The standard InChI is InChI=1S/C13H20N2O3/c1-10-3-5-12(6-4-10)18-8-7-14-13(17)15-11(2)9-16/h3-6,11,16H,7-9H2,1-2H3,(H2,14,15,17). The number of urea groups is 1. The first-order valence-corrected chi connectivity index (χ1v) is 5.96. The fraction of sp³-hybridized carbons (Fsp3) is 0.462. The molecule has 1 aromatic carbocycles. The van der Waals surface area contributed by atoms with E-state index in [0.29, 0.717) is 13.2 Å². The first-order chi connectivity index (χ1) is 8.61. The van der Waals surface area contributed by atoms with E-state index in [1.165, 1.54) is 5.56 Å². The van der Waals surface area contributed by atoms with Crippen molar-refractivity contribution in [2.24, 2.45) is 0 Å². The van der Waals surface area contributed by atoms with Crippen LogP contribution < -0.4 is 15.4 Å². The molecule has 0 bridgehead atoms. The number of hydrogen-bond donors (Lipinski definition) is 3. The molecule has 0 aliphatic carbocycles. The minimum atomic E-state index is -0.302. The zero-order chi connectivity index (χ0) is 13.4. The van der Waals surface area contributed by atoms with Crippen molar-refractivity contribution in [3.63, 3.8) is 0 Å². The molecule has 1 unspecified atom stereocenters.